The number of rotatable bonds is 1. The molecule has 2 heterocycles. The summed E-state index contributed by atoms with van der Waals surface area (Å²) in [4.78, 5) is 9.37. The van der Waals surface area contributed by atoms with Crippen molar-refractivity contribution in [2.75, 3.05) is 13.1 Å². The fourth-order valence-corrected chi connectivity index (χ4v) is 2.41. The minimum absolute atomic E-state index is 0.436. The molecule has 0 saturated carbocycles. The molecule has 0 amide bonds. The Morgan fingerprint density at radius 1 is 1.24 bits per heavy atom. The summed E-state index contributed by atoms with van der Waals surface area (Å²) in [6.07, 6.45) is 3.66. The smallest absolute Gasteiger partial charge is 0.198 e. The van der Waals surface area contributed by atoms with Crippen molar-refractivity contribution in [2.45, 2.75) is 25.4 Å². The van der Waals surface area contributed by atoms with Crippen molar-refractivity contribution in [1.82, 2.24) is 10.8 Å². The van der Waals surface area contributed by atoms with E-state index < -0.39 is 5.66 Å². The third kappa shape index (κ3) is 1.94. The van der Waals surface area contributed by atoms with Gasteiger partial charge in [-0.3, -0.25) is 0 Å². The predicted molar refractivity (Wildman–Crippen MR) is 66.8 cm³/mol. The predicted octanol–water partition coefficient (Wildman–Crippen LogP) is 1.11. The average molecular weight is 231 g/mol. The van der Waals surface area contributed by atoms with E-state index in [0.717, 1.165) is 31.5 Å². The van der Waals surface area contributed by atoms with Crippen LogP contribution in [-0.2, 0) is 23.3 Å². The number of fused-ring (bicyclic) bond motifs is 1. The van der Waals surface area contributed by atoms with Crippen LogP contribution in [0.5, 0.6) is 0 Å². The number of hydrogen-bond donors (Lipinski definition) is 2. The molecule has 1 unspecified atom stereocenters. The molecule has 1 aromatic rings. The van der Waals surface area contributed by atoms with E-state index in [4.69, 9.17) is 4.84 Å². The summed E-state index contributed by atoms with van der Waals surface area (Å²) in [6, 6.07) is 6.61. The lowest BCUT2D eigenvalue weighted by Crippen LogP contribution is -2.32. The molecule has 17 heavy (non-hydrogen) atoms. The largest absolute Gasteiger partial charge is 0.394 e. The summed E-state index contributed by atoms with van der Waals surface area (Å²) in [5.74, 6) is 0. The standard InChI is InChI=1S/C13H17N3O/c1-13(15-9-17-16-13)12-3-2-10-4-6-14-7-5-11(10)8-12/h2-3,8-9,14,16H,4-7H2,1H3. The van der Waals surface area contributed by atoms with Crippen molar-refractivity contribution in [3.8, 4) is 0 Å². The molecule has 90 valence electrons. The van der Waals surface area contributed by atoms with Gasteiger partial charge in [-0.2, -0.15) is 0 Å². The third-order valence-corrected chi connectivity index (χ3v) is 3.53. The van der Waals surface area contributed by atoms with Gasteiger partial charge in [-0.25, -0.2) is 4.99 Å². The Morgan fingerprint density at radius 3 is 2.82 bits per heavy atom. The highest BCUT2D eigenvalue weighted by atomic mass is 16.7. The van der Waals surface area contributed by atoms with Crippen LogP contribution < -0.4 is 10.8 Å². The lowest BCUT2D eigenvalue weighted by atomic mass is 9.95. The van der Waals surface area contributed by atoms with Crippen LogP contribution in [-0.4, -0.2) is 19.5 Å². The van der Waals surface area contributed by atoms with Gasteiger partial charge in [-0.05, 0) is 49.5 Å². The van der Waals surface area contributed by atoms with E-state index >= 15 is 0 Å². The molecule has 2 N–H and O–H groups in total. The van der Waals surface area contributed by atoms with E-state index in [-0.39, 0.29) is 0 Å². The van der Waals surface area contributed by atoms with Crippen molar-refractivity contribution >= 4 is 6.40 Å². The number of hydroxylamine groups is 1. The van der Waals surface area contributed by atoms with Crippen LogP contribution in [0.15, 0.2) is 23.2 Å². The van der Waals surface area contributed by atoms with Gasteiger partial charge in [0.25, 0.3) is 0 Å². The fourth-order valence-electron chi connectivity index (χ4n) is 2.41. The Kier molecular flexibility index (Phi) is 2.61. The highest BCUT2D eigenvalue weighted by Crippen LogP contribution is 2.27. The molecular formula is C13H17N3O. The summed E-state index contributed by atoms with van der Waals surface area (Å²) >= 11 is 0. The second kappa shape index (κ2) is 4.13. The maximum Gasteiger partial charge on any atom is 0.198 e. The molecule has 0 aromatic heterocycles. The Balaban J connectivity index is 1.97. The first kappa shape index (κ1) is 10.7. The highest BCUT2D eigenvalue weighted by molar-refractivity contribution is 5.51. The number of hydrogen-bond acceptors (Lipinski definition) is 4. The molecule has 0 saturated heterocycles. The SMILES string of the molecule is CC1(c2ccc3c(c2)CCNCC3)N=CON1. The van der Waals surface area contributed by atoms with Gasteiger partial charge in [0.2, 0.25) is 0 Å². The second-order valence-electron chi connectivity index (χ2n) is 4.76. The summed E-state index contributed by atoms with van der Waals surface area (Å²) in [5, 5.41) is 3.42. The summed E-state index contributed by atoms with van der Waals surface area (Å²) in [7, 11) is 0. The number of aliphatic imine (C=N–C) groups is 1. The first-order chi connectivity index (χ1) is 8.28. The minimum Gasteiger partial charge on any atom is -0.394 e. The lowest BCUT2D eigenvalue weighted by molar-refractivity contribution is 0.134. The molecule has 1 aromatic carbocycles. The molecular weight excluding hydrogens is 214 g/mol. The van der Waals surface area contributed by atoms with Crippen LogP contribution in [0, 0.1) is 0 Å². The first-order valence-corrected chi connectivity index (χ1v) is 6.07. The molecule has 2 aliphatic heterocycles. The molecule has 1 atom stereocenters. The maximum atomic E-state index is 5.03. The van der Waals surface area contributed by atoms with Crippen LogP contribution in [0.2, 0.25) is 0 Å². The summed E-state index contributed by atoms with van der Waals surface area (Å²) < 4.78 is 0. The van der Waals surface area contributed by atoms with Gasteiger partial charge in [0.05, 0.1) is 0 Å². The Hall–Kier alpha value is -1.39. The molecule has 4 nitrogen and oxygen atoms in total. The van der Waals surface area contributed by atoms with Gasteiger partial charge in [-0.1, -0.05) is 18.2 Å². The lowest BCUT2D eigenvalue weighted by Gasteiger charge is -2.21. The quantitative estimate of drug-likeness (QED) is 0.761. The molecule has 0 aliphatic carbocycles. The fraction of sp³-hybridized carbons (Fsp3) is 0.462. The molecule has 2 aliphatic rings. The van der Waals surface area contributed by atoms with Gasteiger partial charge in [0, 0.05) is 0 Å². The topological polar surface area (TPSA) is 45.7 Å². The van der Waals surface area contributed by atoms with E-state index in [0.29, 0.717) is 0 Å². The van der Waals surface area contributed by atoms with Gasteiger partial charge < -0.3 is 10.2 Å². The molecule has 4 heteroatoms. The highest BCUT2D eigenvalue weighted by Gasteiger charge is 2.29. The summed E-state index contributed by atoms with van der Waals surface area (Å²) in [5.41, 5.74) is 6.53. The van der Waals surface area contributed by atoms with E-state index in [9.17, 15) is 0 Å². The van der Waals surface area contributed by atoms with E-state index in [1.54, 1.807) is 0 Å². The monoisotopic (exact) mass is 231 g/mol. The molecule has 0 bridgehead atoms. The molecule has 0 spiro atoms. The van der Waals surface area contributed by atoms with Crippen LogP contribution >= 0.6 is 0 Å². The maximum absolute atomic E-state index is 5.03. The summed E-state index contributed by atoms with van der Waals surface area (Å²) in [6.45, 7) is 4.15. The van der Waals surface area contributed by atoms with Gasteiger partial charge in [0.15, 0.2) is 12.1 Å². The normalized spacial score (nSPS) is 27.4. The van der Waals surface area contributed by atoms with Gasteiger partial charge >= 0.3 is 0 Å². The molecule has 0 radical (unpaired) electrons. The zero-order valence-electron chi connectivity index (χ0n) is 9.99. The van der Waals surface area contributed by atoms with Crippen molar-refractivity contribution in [1.29, 1.82) is 0 Å². The van der Waals surface area contributed by atoms with E-state index in [1.165, 1.54) is 17.5 Å². The van der Waals surface area contributed by atoms with E-state index in [1.807, 2.05) is 6.92 Å². The van der Waals surface area contributed by atoms with Gasteiger partial charge in [-0.15, -0.1) is 5.48 Å². The van der Waals surface area contributed by atoms with Crippen LogP contribution in [0.1, 0.15) is 23.6 Å². The number of nitrogens with one attached hydrogen (secondary N) is 2. The number of benzene rings is 1. The number of nitrogens with zero attached hydrogens (tertiary/aromatic N) is 1. The molecule has 3 rings (SSSR count). The minimum atomic E-state index is -0.436. The Bertz CT molecular complexity index is 458. The van der Waals surface area contributed by atoms with Crippen molar-refractivity contribution in [3.05, 3.63) is 34.9 Å². The third-order valence-electron chi connectivity index (χ3n) is 3.53. The van der Waals surface area contributed by atoms with Crippen LogP contribution in [0.25, 0.3) is 0 Å². The van der Waals surface area contributed by atoms with Gasteiger partial charge in [0.1, 0.15) is 0 Å². The van der Waals surface area contributed by atoms with Crippen molar-refractivity contribution in [2.24, 2.45) is 4.99 Å². The van der Waals surface area contributed by atoms with Crippen LogP contribution in [0.3, 0.4) is 0 Å². The zero-order valence-corrected chi connectivity index (χ0v) is 9.99. The van der Waals surface area contributed by atoms with Crippen molar-refractivity contribution in [3.63, 3.8) is 0 Å². The van der Waals surface area contributed by atoms with Crippen LogP contribution in [0.4, 0.5) is 0 Å². The Morgan fingerprint density at radius 2 is 2.06 bits per heavy atom. The van der Waals surface area contributed by atoms with E-state index in [2.05, 4.69) is 34.0 Å². The van der Waals surface area contributed by atoms with Crippen molar-refractivity contribution < 1.29 is 4.84 Å². The second-order valence-corrected chi connectivity index (χ2v) is 4.76. The zero-order chi connectivity index (χ0) is 11.7. The Labute approximate surface area is 101 Å². The average Bonchev–Trinajstić information content (AvgIpc) is 2.65. The first-order valence-electron chi connectivity index (χ1n) is 6.07. The molecule has 0 fully saturated rings.